The number of benzene rings is 1. The smallest absolute Gasteiger partial charge is 0.0575 e. The third kappa shape index (κ3) is 1.03. The van der Waals surface area contributed by atoms with Gasteiger partial charge >= 0.3 is 0 Å². The lowest BCUT2D eigenvalue weighted by molar-refractivity contribution is 0.800. The first-order valence-corrected chi connectivity index (χ1v) is 5.70. The fraction of sp³-hybridized carbons (Fsp3) is 0.385. The van der Waals surface area contributed by atoms with Gasteiger partial charge < -0.3 is 15.6 Å². The number of fused-ring (bicyclic) bond motifs is 3. The Hall–Kier alpha value is -1.64. The molecule has 16 heavy (non-hydrogen) atoms. The van der Waals surface area contributed by atoms with Gasteiger partial charge in [0, 0.05) is 36.8 Å². The second-order valence-electron chi connectivity index (χ2n) is 4.90. The van der Waals surface area contributed by atoms with Crippen LogP contribution in [0.5, 0.6) is 0 Å². The quantitative estimate of drug-likeness (QED) is 0.709. The summed E-state index contributed by atoms with van der Waals surface area (Å²) in [5.41, 5.74) is 12.2. The van der Waals surface area contributed by atoms with Crippen LogP contribution in [-0.2, 0) is 0 Å². The number of nitrogens with two attached hydrogens (primary N) is 1. The maximum Gasteiger partial charge on any atom is 0.0575 e. The van der Waals surface area contributed by atoms with Crippen LogP contribution in [-0.4, -0.2) is 18.6 Å². The highest BCUT2D eigenvalue weighted by molar-refractivity contribution is 6.00. The molecule has 3 nitrogen and oxygen atoms in total. The van der Waals surface area contributed by atoms with Crippen molar-refractivity contribution in [2.75, 3.05) is 24.2 Å². The summed E-state index contributed by atoms with van der Waals surface area (Å²) in [4.78, 5) is 5.60. The second-order valence-corrected chi connectivity index (χ2v) is 4.90. The van der Waals surface area contributed by atoms with Crippen LogP contribution in [0.25, 0.3) is 10.9 Å². The Bertz CT molecular complexity index is 568. The molecular formula is C13H17N3. The topological polar surface area (TPSA) is 45.1 Å². The molecule has 1 aromatic heterocycles. The number of hydrogen-bond acceptors (Lipinski definition) is 2. The van der Waals surface area contributed by atoms with Crippen molar-refractivity contribution >= 4 is 22.3 Å². The van der Waals surface area contributed by atoms with Gasteiger partial charge in [-0.3, -0.25) is 0 Å². The Balaban J connectivity index is 2.47. The normalized spacial score (nSPS) is 19.4. The maximum absolute atomic E-state index is 6.08. The minimum Gasteiger partial charge on any atom is -0.397 e. The molecule has 0 aliphatic carbocycles. The lowest BCUT2D eigenvalue weighted by Gasteiger charge is -2.13. The monoisotopic (exact) mass is 215 g/mol. The zero-order chi connectivity index (χ0) is 11.4. The number of anilines is 2. The summed E-state index contributed by atoms with van der Waals surface area (Å²) >= 11 is 0. The number of H-pyrrole nitrogens is 1. The van der Waals surface area contributed by atoms with E-state index in [1.165, 1.54) is 27.7 Å². The third-order valence-corrected chi connectivity index (χ3v) is 3.66. The van der Waals surface area contributed by atoms with Crippen molar-refractivity contribution in [2.24, 2.45) is 0 Å². The number of nitrogen functional groups attached to an aromatic ring is 1. The number of likely N-dealkylation sites (N-methyl/N-ethyl adjacent to an activating group) is 1. The second kappa shape index (κ2) is 2.94. The molecule has 0 saturated carbocycles. The molecule has 1 unspecified atom stereocenters. The largest absolute Gasteiger partial charge is 0.397 e. The Morgan fingerprint density at radius 2 is 2.25 bits per heavy atom. The summed E-state index contributed by atoms with van der Waals surface area (Å²) < 4.78 is 0. The van der Waals surface area contributed by atoms with Gasteiger partial charge in [-0.05, 0) is 24.1 Å². The van der Waals surface area contributed by atoms with Crippen molar-refractivity contribution in [3.8, 4) is 0 Å². The van der Waals surface area contributed by atoms with Gasteiger partial charge in [-0.2, -0.15) is 0 Å². The summed E-state index contributed by atoms with van der Waals surface area (Å²) in [6.07, 6.45) is 1.91. The van der Waals surface area contributed by atoms with E-state index in [0.29, 0.717) is 5.92 Å². The van der Waals surface area contributed by atoms with Crippen molar-refractivity contribution in [3.05, 3.63) is 23.4 Å². The van der Waals surface area contributed by atoms with Gasteiger partial charge in [-0.1, -0.05) is 6.92 Å². The summed E-state index contributed by atoms with van der Waals surface area (Å²) in [5.74, 6) is 0.557. The molecule has 0 radical (unpaired) electrons. The lowest BCUT2D eigenvalue weighted by Crippen LogP contribution is -2.13. The van der Waals surface area contributed by atoms with Crippen molar-refractivity contribution in [2.45, 2.75) is 19.8 Å². The predicted octanol–water partition coefficient (Wildman–Crippen LogP) is 2.61. The van der Waals surface area contributed by atoms with E-state index in [1.807, 2.05) is 6.20 Å². The van der Waals surface area contributed by atoms with E-state index in [9.17, 15) is 0 Å². The molecule has 0 spiro atoms. The molecular weight excluding hydrogens is 198 g/mol. The van der Waals surface area contributed by atoms with E-state index in [-0.39, 0.29) is 0 Å². The van der Waals surface area contributed by atoms with Crippen molar-refractivity contribution in [1.29, 1.82) is 0 Å². The van der Waals surface area contributed by atoms with Gasteiger partial charge in [0.1, 0.15) is 0 Å². The summed E-state index contributed by atoms with van der Waals surface area (Å²) in [5, 5.41) is 1.23. The maximum atomic E-state index is 6.08. The number of aromatic amines is 1. The fourth-order valence-electron chi connectivity index (χ4n) is 2.94. The fourth-order valence-corrected chi connectivity index (χ4v) is 2.94. The SMILES string of the molecule is Cc1cc2c(c3c(N)c[nH]c13)C(C)CN2C. The molecule has 0 fully saturated rings. The average molecular weight is 215 g/mol. The molecule has 0 amide bonds. The molecule has 84 valence electrons. The van der Waals surface area contributed by atoms with Crippen LogP contribution in [0, 0.1) is 6.92 Å². The molecule has 2 heterocycles. The van der Waals surface area contributed by atoms with E-state index in [2.05, 4.69) is 36.8 Å². The predicted molar refractivity (Wildman–Crippen MR) is 69.1 cm³/mol. The van der Waals surface area contributed by atoms with Gasteiger partial charge in [0.2, 0.25) is 0 Å². The number of aryl methyl sites for hydroxylation is 1. The van der Waals surface area contributed by atoms with Gasteiger partial charge in [-0.15, -0.1) is 0 Å². The standard InChI is InChI=1S/C13H17N3/c1-7-4-10-11(8(2)6-16(10)3)12-9(14)5-15-13(7)12/h4-5,8,15H,6,14H2,1-3H3. The van der Waals surface area contributed by atoms with E-state index in [0.717, 1.165) is 12.2 Å². The first-order valence-electron chi connectivity index (χ1n) is 5.70. The minimum absolute atomic E-state index is 0.557. The molecule has 2 aromatic rings. The molecule has 1 aliphatic heterocycles. The zero-order valence-electron chi connectivity index (χ0n) is 9.96. The molecule has 1 atom stereocenters. The first-order chi connectivity index (χ1) is 7.59. The number of nitrogens with one attached hydrogen (secondary N) is 1. The van der Waals surface area contributed by atoms with Gasteiger partial charge in [0.25, 0.3) is 0 Å². The van der Waals surface area contributed by atoms with Crippen molar-refractivity contribution in [1.82, 2.24) is 4.98 Å². The van der Waals surface area contributed by atoms with Gasteiger partial charge in [0.15, 0.2) is 0 Å². The Labute approximate surface area is 95.2 Å². The van der Waals surface area contributed by atoms with E-state index < -0.39 is 0 Å². The molecule has 3 N–H and O–H groups in total. The number of nitrogens with zero attached hydrogens (tertiary/aromatic N) is 1. The van der Waals surface area contributed by atoms with E-state index >= 15 is 0 Å². The highest BCUT2D eigenvalue weighted by atomic mass is 15.1. The summed E-state index contributed by atoms with van der Waals surface area (Å²) in [7, 11) is 2.15. The Morgan fingerprint density at radius 3 is 3.00 bits per heavy atom. The average Bonchev–Trinajstić information content (AvgIpc) is 2.71. The molecule has 1 aromatic carbocycles. The molecule has 1 aliphatic rings. The van der Waals surface area contributed by atoms with Crippen LogP contribution in [0.1, 0.15) is 24.0 Å². The molecule has 3 heteroatoms. The summed E-state index contributed by atoms with van der Waals surface area (Å²) in [6.45, 7) is 5.48. The number of rotatable bonds is 0. The van der Waals surface area contributed by atoms with E-state index in [4.69, 9.17) is 5.73 Å². The third-order valence-electron chi connectivity index (χ3n) is 3.66. The van der Waals surface area contributed by atoms with Crippen LogP contribution in [0.3, 0.4) is 0 Å². The molecule has 3 rings (SSSR count). The first kappa shape index (κ1) is 9.58. The number of hydrogen-bond donors (Lipinski definition) is 2. The summed E-state index contributed by atoms with van der Waals surface area (Å²) in [6, 6.07) is 2.26. The highest BCUT2D eigenvalue weighted by Crippen LogP contribution is 2.43. The van der Waals surface area contributed by atoms with Crippen molar-refractivity contribution in [3.63, 3.8) is 0 Å². The zero-order valence-corrected chi connectivity index (χ0v) is 9.96. The van der Waals surface area contributed by atoms with Crippen LogP contribution in [0.15, 0.2) is 12.3 Å². The van der Waals surface area contributed by atoms with Gasteiger partial charge in [-0.25, -0.2) is 0 Å². The van der Waals surface area contributed by atoms with Crippen LogP contribution < -0.4 is 10.6 Å². The number of aromatic nitrogens is 1. The van der Waals surface area contributed by atoms with Crippen molar-refractivity contribution < 1.29 is 0 Å². The molecule has 0 bridgehead atoms. The van der Waals surface area contributed by atoms with Crippen LogP contribution in [0.2, 0.25) is 0 Å². The van der Waals surface area contributed by atoms with E-state index in [1.54, 1.807) is 0 Å². The van der Waals surface area contributed by atoms with Crippen LogP contribution >= 0.6 is 0 Å². The Morgan fingerprint density at radius 1 is 1.50 bits per heavy atom. The van der Waals surface area contributed by atoms with Gasteiger partial charge in [0.05, 0.1) is 11.2 Å². The Kier molecular flexibility index (Phi) is 1.76. The molecule has 0 saturated heterocycles. The van der Waals surface area contributed by atoms with Crippen LogP contribution in [0.4, 0.5) is 11.4 Å². The minimum atomic E-state index is 0.557. The lowest BCUT2D eigenvalue weighted by atomic mass is 9.96. The highest BCUT2D eigenvalue weighted by Gasteiger charge is 2.27.